The van der Waals surface area contributed by atoms with Crippen molar-refractivity contribution in [1.82, 2.24) is 5.06 Å². The third-order valence-electron chi connectivity index (χ3n) is 6.02. The van der Waals surface area contributed by atoms with Gasteiger partial charge in [-0.1, -0.05) is 13.8 Å². The molecule has 2 saturated heterocycles. The van der Waals surface area contributed by atoms with Crippen molar-refractivity contribution in [3.63, 3.8) is 0 Å². The smallest absolute Gasteiger partial charge is 0.254 e. The first-order valence-electron chi connectivity index (χ1n) is 12.0. The van der Waals surface area contributed by atoms with Crippen molar-refractivity contribution < 1.29 is 33.9 Å². The van der Waals surface area contributed by atoms with Crippen LogP contribution < -0.4 is 19.3 Å². The molecule has 0 unspecified atom stereocenters. The van der Waals surface area contributed by atoms with Gasteiger partial charge in [-0.25, -0.2) is 9.80 Å². The molecule has 0 radical (unpaired) electrons. The highest BCUT2D eigenvalue weighted by atomic mass is 16.5. The highest BCUT2D eigenvalue weighted by Gasteiger charge is 2.50. The number of rotatable bonds is 10. The summed E-state index contributed by atoms with van der Waals surface area (Å²) in [7, 11) is 0. The van der Waals surface area contributed by atoms with Gasteiger partial charge in [0.25, 0.3) is 11.8 Å². The largest absolute Gasteiger partial charge is 0.494 e. The van der Waals surface area contributed by atoms with Crippen LogP contribution in [-0.4, -0.2) is 59.2 Å². The van der Waals surface area contributed by atoms with E-state index in [2.05, 4.69) is 0 Å². The van der Waals surface area contributed by atoms with E-state index in [1.165, 1.54) is 0 Å². The van der Waals surface area contributed by atoms with Gasteiger partial charge in [0.15, 0.2) is 0 Å². The van der Waals surface area contributed by atoms with Gasteiger partial charge < -0.3 is 14.7 Å². The van der Waals surface area contributed by atoms with Crippen LogP contribution in [0.1, 0.15) is 39.5 Å². The van der Waals surface area contributed by atoms with E-state index in [0.29, 0.717) is 41.2 Å². The van der Waals surface area contributed by atoms with Crippen LogP contribution in [0.5, 0.6) is 11.5 Å². The number of anilines is 2. The van der Waals surface area contributed by atoms with Crippen LogP contribution in [0.2, 0.25) is 0 Å². The van der Waals surface area contributed by atoms with Crippen LogP contribution >= 0.6 is 0 Å². The quantitative estimate of drug-likeness (QED) is 0.395. The Labute approximate surface area is 208 Å². The molecule has 2 fully saturated rings. The number of ether oxygens (including phenoxy) is 2. The second-order valence-corrected chi connectivity index (χ2v) is 8.64. The van der Waals surface area contributed by atoms with Crippen LogP contribution in [0.25, 0.3) is 0 Å². The second-order valence-electron chi connectivity index (χ2n) is 8.64. The molecule has 0 saturated carbocycles. The first kappa shape index (κ1) is 25.3. The van der Waals surface area contributed by atoms with Crippen molar-refractivity contribution in [3.8, 4) is 11.5 Å². The fourth-order valence-corrected chi connectivity index (χ4v) is 4.23. The fourth-order valence-electron chi connectivity index (χ4n) is 4.23. The predicted molar refractivity (Wildman–Crippen MR) is 130 cm³/mol. The molecule has 36 heavy (non-hydrogen) atoms. The number of hydrogen-bond acceptors (Lipinski definition) is 8. The lowest BCUT2D eigenvalue weighted by atomic mass is 10.1. The standard InChI is InChI=1S/C26H29N3O7/c1-3-13-35-19-9-5-17(6-10-19)27-23(30)15-21(25(27)32)29(34)22-16-24(31)28(26(22)33)18-7-11-20(12-8-18)36-14-4-2/h5-12,21-22,34H,3-4,13-16H2,1-2H3/t21-,22-/m0/s1. The lowest BCUT2D eigenvalue weighted by molar-refractivity contribution is -0.172. The van der Waals surface area contributed by atoms with E-state index in [0.717, 1.165) is 22.6 Å². The molecule has 4 amide bonds. The van der Waals surface area contributed by atoms with Gasteiger partial charge in [0, 0.05) is 0 Å². The summed E-state index contributed by atoms with van der Waals surface area (Å²) >= 11 is 0. The van der Waals surface area contributed by atoms with Crippen molar-refractivity contribution >= 4 is 35.0 Å². The van der Waals surface area contributed by atoms with Crippen molar-refractivity contribution in [1.29, 1.82) is 0 Å². The van der Waals surface area contributed by atoms with E-state index in [1.807, 2.05) is 13.8 Å². The zero-order valence-electron chi connectivity index (χ0n) is 20.3. The van der Waals surface area contributed by atoms with Crippen LogP contribution in [0.4, 0.5) is 11.4 Å². The van der Waals surface area contributed by atoms with Crippen LogP contribution in [0.15, 0.2) is 48.5 Å². The highest BCUT2D eigenvalue weighted by Crippen LogP contribution is 2.32. The average molecular weight is 496 g/mol. The molecular weight excluding hydrogens is 466 g/mol. The minimum absolute atomic E-state index is 0.315. The van der Waals surface area contributed by atoms with Crippen LogP contribution in [0, 0.1) is 0 Å². The molecule has 2 aromatic rings. The first-order valence-corrected chi connectivity index (χ1v) is 12.0. The van der Waals surface area contributed by atoms with Crippen LogP contribution in [0.3, 0.4) is 0 Å². The minimum Gasteiger partial charge on any atom is -0.494 e. The minimum atomic E-state index is -1.28. The first-order chi connectivity index (χ1) is 17.3. The Morgan fingerprint density at radius 1 is 0.722 bits per heavy atom. The third-order valence-corrected chi connectivity index (χ3v) is 6.02. The number of imide groups is 2. The zero-order chi connectivity index (χ0) is 25.8. The molecule has 1 N–H and O–H groups in total. The molecule has 10 heteroatoms. The number of nitrogens with zero attached hydrogens (tertiary/aromatic N) is 3. The number of hydroxylamine groups is 2. The Bertz CT molecular complexity index is 1040. The molecule has 0 spiro atoms. The molecule has 2 heterocycles. The monoisotopic (exact) mass is 495 g/mol. The van der Waals surface area contributed by atoms with Gasteiger partial charge in [-0.05, 0) is 61.4 Å². The van der Waals surface area contributed by atoms with Gasteiger partial charge in [0.05, 0.1) is 37.4 Å². The van der Waals surface area contributed by atoms with E-state index in [1.54, 1.807) is 48.5 Å². The molecular formula is C26H29N3O7. The molecule has 2 aliphatic rings. The molecule has 2 aromatic carbocycles. The maximum atomic E-state index is 13.1. The maximum Gasteiger partial charge on any atom is 0.254 e. The SMILES string of the molecule is CCCOc1ccc(N2C(=O)C[C@H](N(O)[C@H]3CC(=O)N(c4ccc(OCCC)cc4)C3=O)C2=O)cc1. The predicted octanol–water partition coefficient (Wildman–Crippen LogP) is 2.92. The summed E-state index contributed by atoms with van der Waals surface area (Å²) in [5.74, 6) is -1.13. The van der Waals surface area contributed by atoms with Crippen molar-refractivity contribution in [2.24, 2.45) is 0 Å². The van der Waals surface area contributed by atoms with Gasteiger partial charge in [-0.2, -0.15) is 5.06 Å². The molecule has 190 valence electrons. The van der Waals surface area contributed by atoms with Gasteiger partial charge in [-0.3, -0.25) is 19.2 Å². The highest BCUT2D eigenvalue weighted by molar-refractivity contribution is 6.24. The lowest BCUT2D eigenvalue weighted by Crippen LogP contribution is -2.49. The van der Waals surface area contributed by atoms with Gasteiger partial charge in [0.2, 0.25) is 11.8 Å². The summed E-state index contributed by atoms with van der Waals surface area (Å²) in [5, 5.41) is 11.4. The Morgan fingerprint density at radius 3 is 1.42 bits per heavy atom. The maximum absolute atomic E-state index is 13.1. The molecule has 4 rings (SSSR count). The summed E-state index contributed by atoms with van der Waals surface area (Å²) < 4.78 is 11.1. The number of amides is 4. The fraction of sp³-hybridized carbons (Fsp3) is 0.385. The van der Waals surface area contributed by atoms with E-state index >= 15 is 0 Å². The van der Waals surface area contributed by atoms with Gasteiger partial charge in [0.1, 0.15) is 23.6 Å². The Hall–Kier alpha value is -3.76. The number of carbonyl (C=O) groups excluding carboxylic acids is 4. The number of carbonyl (C=O) groups is 4. The number of hydrogen-bond donors (Lipinski definition) is 1. The zero-order valence-corrected chi connectivity index (χ0v) is 20.3. The van der Waals surface area contributed by atoms with Gasteiger partial charge in [-0.15, -0.1) is 0 Å². The van der Waals surface area contributed by atoms with E-state index in [9.17, 15) is 24.4 Å². The van der Waals surface area contributed by atoms with Crippen molar-refractivity contribution in [2.75, 3.05) is 23.0 Å². The van der Waals surface area contributed by atoms with Crippen molar-refractivity contribution in [3.05, 3.63) is 48.5 Å². The normalized spacial score (nSPS) is 20.1. The molecule has 2 atom stereocenters. The molecule has 0 aromatic heterocycles. The Kier molecular flexibility index (Phi) is 7.66. The average Bonchev–Trinajstić information content (AvgIpc) is 3.35. The van der Waals surface area contributed by atoms with E-state index < -0.39 is 35.7 Å². The summed E-state index contributed by atoms with van der Waals surface area (Å²) in [6.07, 6.45) is 1.06. The van der Waals surface area contributed by atoms with Crippen LogP contribution in [-0.2, 0) is 19.2 Å². The van der Waals surface area contributed by atoms with Crippen molar-refractivity contribution in [2.45, 2.75) is 51.6 Å². The molecule has 10 nitrogen and oxygen atoms in total. The van der Waals surface area contributed by atoms with E-state index in [-0.39, 0.29) is 12.8 Å². The second kappa shape index (κ2) is 10.9. The Morgan fingerprint density at radius 2 is 1.08 bits per heavy atom. The molecule has 0 aliphatic carbocycles. The summed E-state index contributed by atoms with van der Waals surface area (Å²) in [5.41, 5.74) is 0.677. The molecule has 2 aliphatic heterocycles. The topological polar surface area (TPSA) is 117 Å². The summed E-state index contributed by atoms with van der Waals surface area (Å²) in [6, 6.07) is 10.4. The molecule has 0 bridgehead atoms. The summed E-state index contributed by atoms with van der Waals surface area (Å²) in [6.45, 7) is 5.06. The summed E-state index contributed by atoms with van der Waals surface area (Å²) in [4.78, 5) is 53.5. The lowest BCUT2D eigenvalue weighted by Gasteiger charge is -2.25. The Balaban J connectivity index is 1.46. The number of benzene rings is 2. The van der Waals surface area contributed by atoms with Gasteiger partial charge >= 0.3 is 0 Å². The third kappa shape index (κ3) is 4.95. The van der Waals surface area contributed by atoms with E-state index in [4.69, 9.17) is 9.47 Å².